The van der Waals surface area contributed by atoms with Crippen LogP contribution in [0.5, 0.6) is 0 Å². The van der Waals surface area contributed by atoms with E-state index in [4.69, 9.17) is 5.11 Å². The summed E-state index contributed by atoms with van der Waals surface area (Å²) < 4.78 is 8.82. The van der Waals surface area contributed by atoms with Gasteiger partial charge >= 0.3 is 11.9 Å². The lowest BCUT2D eigenvalue weighted by molar-refractivity contribution is -0.188. The summed E-state index contributed by atoms with van der Waals surface area (Å²) in [6, 6.07) is 0. The molecule has 54 valence electrons. The zero-order valence-corrected chi connectivity index (χ0v) is 4.81. The van der Waals surface area contributed by atoms with Crippen molar-refractivity contribution in [2.24, 2.45) is 5.92 Å². The van der Waals surface area contributed by atoms with Crippen LogP contribution in [-0.2, 0) is 19.1 Å². The van der Waals surface area contributed by atoms with E-state index in [1.165, 1.54) is 0 Å². The standard InChI is InChI=1S/C5H4O5/c6-2-1-3(7)9-5(2)10-4(1)8/h1-2,5-6H. The smallest absolute Gasteiger partial charge is 0.326 e. The number of ether oxygens (including phenoxy) is 2. The third-order valence-corrected chi connectivity index (χ3v) is 1.59. The zero-order chi connectivity index (χ0) is 7.30. The Kier molecular flexibility index (Phi) is 0.843. The van der Waals surface area contributed by atoms with Crippen LogP contribution in [0, 0.1) is 5.92 Å². The molecule has 2 heterocycles. The van der Waals surface area contributed by atoms with Crippen LogP contribution in [0.1, 0.15) is 0 Å². The molecular weight excluding hydrogens is 140 g/mol. The SMILES string of the molecule is O=C1OC2OC(=O)C1C2O. The second kappa shape index (κ2) is 1.49. The number of fused-ring (bicyclic) bond motifs is 2. The number of carbonyl (C=O) groups is 2. The fourth-order valence-electron chi connectivity index (χ4n) is 1.07. The molecule has 5 heteroatoms. The summed E-state index contributed by atoms with van der Waals surface area (Å²) in [6.07, 6.45) is -2.15. The van der Waals surface area contributed by atoms with Crippen molar-refractivity contribution in [3.63, 3.8) is 0 Å². The lowest BCUT2D eigenvalue weighted by Crippen LogP contribution is -2.25. The van der Waals surface area contributed by atoms with E-state index in [0.29, 0.717) is 0 Å². The van der Waals surface area contributed by atoms with Gasteiger partial charge in [-0.3, -0.25) is 9.59 Å². The van der Waals surface area contributed by atoms with Gasteiger partial charge < -0.3 is 14.6 Å². The van der Waals surface area contributed by atoms with Gasteiger partial charge in [-0.25, -0.2) is 0 Å². The second-order valence-corrected chi connectivity index (χ2v) is 2.21. The minimum absolute atomic E-state index is 0.686. The molecule has 0 aliphatic carbocycles. The molecule has 0 aromatic carbocycles. The van der Waals surface area contributed by atoms with Gasteiger partial charge in [0.2, 0.25) is 0 Å². The number of carbonyl (C=O) groups excluding carboxylic acids is 2. The number of rotatable bonds is 0. The number of aliphatic hydroxyl groups excluding tert-OH is 1. The van der Waals surface area contributed by atoms with E-state index in [-0.39, 0.29) is 0 Å². The zero-order valence-electron chi connectivity index (χ0n) is 4.81. The molecule has 0 aromatic rings. The number of aliphatic hydroxyl groups is 1. The fourth-order valence-corrected chi connectivity index (χ4v) is 1.07. The van der Waals surface area contributed by atoms with E-state index >= 15 is 0 Å². The molecule has 0 saturated carbocycles. The van der Waals surface area contributed by atoms with E-state index in [0.717, 1.165) is 0 Å². The summed E-state index contributed by atoms with van der Waals surface area (Å²) in [5, 5.41) is 8.98. The maximum absolute atomic E-state index is 10.6. The van der Waals surface area contributed by atoms with Crippen molar-refractivity contribution >= 4 is 11.9 Å². The summed E-state index contributed by atoms with van der Waals surface area (Å²) >= 11 is 0. The van der Waals surface area contributed by atoms with Crippen molar-refractivity contribution in [1.82, 2.24) is 0 Å². The predicted octanol–water partition coefficient (Wildman–Crippen LogP) is -1.60. The monoisotopic (exact) mass is 144 g/mol. The average Bonchev–Trinajstić information content (AvgIpc) is 2.20. The molecule has 2 fully saturated rings. The maximum Gasteiger partial charge on any atom is 0.326 e. The summed E-state index contributed by atoms with van der Waals surface area (Å²) in [6.45, 7) is 0. The first kappa shape index (κ1) is 5.67. The Balaban J connectivity index is 2.35. The Morgan fingerprint density at radius 2 is 1.70 bits per heavy atom. The first-order valence-corrected chi connectivity index (χ1v) is 2.79. The minimum atomic E-state index is -1.10. The van der Waals surface area contributed by atoms with Gasteiger partial charge in [0.1, 0.15) is 0 Å². The van der Waals surface area contributed by atoms with Crippen LogP contribution < -0.4 is 0 Å². The average molecular weight is 144 g/mol. The Bertz CT molecular complexity index is 192. The van der Waals surface area contributed by atoms with Crippen molar-refractivity contribution < 1.29 is 24.2 Å². The van der Waals surface area contributed by atoms with Crippen molar-refractivity contribution in [3.05, 3.63) is 0 Å². The first-order valence-electron chi connectivity index (χ1n) is 2.79. The van der Waals surface area contributed by atoms with Gasteiger partial charge in [-0.2, -0.15) is 0 Å². The molecular formula is C5H4O5. The van der Waals surface area contributed by atoms with Gasteiger partial charge in [0, 0.05) is 0 Å². The normalized spacial score (nSPS) is 43.5. The van der Waals surface area contributed by atoms with Crippen molar-refractivity contribution in [1.29, 1.82) is 0 Å². The molecule has 0 spiro atoms. The Labute approximate surface area is 55.5 Å². The molecule has 2 saturated heterocycles. The van der Waals surface area contributed by atoms with Gasteiger partial charge in [-0.1, -0.05) is 0 Å². The highest BCUT2D eigenvalue weighted by atomic mass is 16.7. The van der Waals surface area contributed by atoms with Crippen LogP contribution in [-0.4, -0.2) is 29.4 Å². The Hall–Kier alpha value is -1.10. The third kappa shape index (κ3) is 0.458. The quantitative estimate of drug-likeness (QED) is 0.327. The molecule has 1 atom stereocenters. The molecule has 2 aliphatic heterocycles. The summed E-state index contributed by atoms with van der Waals surface area (Å²) in [5.74, 6) is -2.47. The molecule has 0 radical (unpaired) electrons. The van der Waals surface area contributed by atoms with Crippen molar-refractivity contribution in [2.75, 3.05) is 0 Å². The van der Waals surface area contributed by atoms with Gasteiger partial charge in [0.25, 0.3) is 6.29 Å². The predicted molar refractivity (Wildman–Crippen MR) is 25.5 cm³/mol. The second-order valence-electron chi connectivity index (χ2n) is 2.21. The van der Waals surface area contributed by atoms with Crippen LogP contribution in [0.4, 0.5) is 0 Å². The van der Waals surface area contributed by atoms with Gasteiger partial charge in [0.15, 0.2) is 12.0 Å². The highest BCUT2D eigenvalue weighted by Gasteiger charge is 2.57. The van der Waals surface area contributed by atoms with Gasteiger partial charge in [-0.15, -0.1) is 0 Å². The van der Waals surface area contributed by atoms with E-state index in [1.807, 2.05) is 0 Å². The van der Waals surface area contributed by atoms with Gasteiger partial charge in [0.05, 0.1) is 0 Å². The molecule has 0 aromatic heterocycles. The summed E-state index contributed by atoms with van der Waals surface area (Å²) in [7, 11) is 0. The topological polar surface area (TPSA) is 72.8 Å². The van der Waals surface area contributed by atoms with Crippen LogP contribution in [0.3, 0.4) is 0 Å². The Morgan fingerprint density at radius 3 is 1.90 bits per heavy atom. The van der Waals surface area contributed by atoms with Crippen molar-refractivity contribution in [2.45, 2.75) is 12.4 Å². The molecule has 0 amide bonds. The van der Waals surface area contributed by atoms with Crippen LogP contribution >= 0.6 is 0 Å². The molecule has 2 aliphatic rings. The number of esters is 2. The van der Waals surface area contributed by atoms with E-state index < -0.39 is 30.3 Å². The van der Waals surface area contributed by atoms with Crippen LogP contribution in [0.2, 0.25) is 0 Å². The molecule has 2 bridgehead atoms. The maximum atomic E-state index is 10.6. The van der Waals surface area contributed by atoms with E-state index in [2.05, 4.69) is 9.47 Å². The molecule has 10 heavy (non-hydrogen) atoms. The number of hydrogen-bond acceptors (Lipinski definition) is 5. The lowest BCUT2D eigenvalue weighted by Gasteiger charge is -2.08. The van der Waals surface area contributed by atoms with Crippen molar-refractivity contribution in [3.8, 4) is 0 Å². The Morgan fingerprint density at radius 1 is 1.20 bits per heavy atom. The fraction of sp³-hybridized carbons (Fsp3) is 0.600. The lowest BCUT2D eigenvalue weighted by atomic mass is 10.1. The largest absolute Gasteiger partial charge is 0.421 e. The molecule has 1 unspecified atom stereocenters. The van der Waals surface area contributed by atoms with Crippen LogP contribution in [0.15, 0.2) is 0 Å². The third-order valence-electron chi connectivity index (χ3n) is 1.59. The summed E-state index contributed by atoms with van der Waals surface area (Å²) in [5.41, 5.74) is 0. The van der Waals surface area contributed by atoms with Gasteiger partial charge in [-0.05, 0) is 0 Å². The molecule has 5 nitrogen and oxygen atoms in total. The highest BCUT2D eigenvalue weighted by Crippen LogP contribution is 2.31. The number of hydrogen-bond donors (Lipinski definition) is 1. The molecule has 2 rings (SSSR count). The van der Waals surface area contributed by atoms with E-state index in [1.54, 1.807) is 0 Å². The highest BCUT2D eigenvalue weighted by molar-refractivity contribution is 5.99. The summed E-state index contributed by atoms with van der Waals surface area (Å²) in [4.78, 5) is 21.1. The molecule has 1 N–H and O–H groups in total. The van der Waals surface area contributed by atoms with Crippen LogP contribution in [0.25, 0.3) is 0 Å². The first-order chi connectivity index (χ1) is 4.70. The minimum Gasteiger partial charge on any atom is -0.421 e. The van der Waals surface area contributed by atoms with E-state index in [9.17, 15) is 9.59 Å².